The highest BCUT2D eigenvalue weighted by Crippen LogP contribution is 2.22. The molecule has 1 aromatic carbocycles. The fourth-order valence-corrected chi connectivity index (χ4v) is 1.83. The van der Waals surface area contributed by atoms with Crippen LogP contribution >= 0.6 is 0 Å². The maximum atomic E-state index is 11.9. The van der Waals surface area contributed by atoms with Crippen LogP contribution in [-0.4, -0.2) is 31.3 Å². The van der Waals surface area contributed by atoms with Gasteiger partial charge in [0.2, 0.25) is 0 Å². The average Bonchev–Trinajstić information content (AvgIpc) is 2.30. The summed E-state index contributed by atoms with van der Waals surface area (Å²) in [7, 11) is 4.08. The van der Waals surface area contributed by atoms with Crippen LogP contribution in [0.4, 0.5) is 0 Å². The second-order valence-corrected chi connectivity index (χ2v) is 4.38. The zero-order valence-corrected chi connectivity index (χ0v) is 10.4. The molecular weight excluding hydrogens is 198 g/mol. The minimum Gasteiger partial charge on any atom is -0.309 e. The summed E-state index contributed by atoms with van der Waals surface area (Å²) >= 11 is 0. The number of hydrogen-bond acceptors (Lipinski definition) is 2. The molecule has 1 atom stereocenters. The van der Waals surface area contributed by atoms with E-state index in [0.717, 1.165) is 18.5 Å². The lowest BCUT2D eigenvalue weighted by Gasteiger charge is -2.18. The third-order valence-electron chi connectivity index (χ3n) is 2.80. The van der Waals surface area contributed by atoms with E-state index in [0.29, 0.717) is 12.2 Å². The Kier molecular flexibility index (Phi) is 5.20. The highest BCUT2D eigenvalue weighted by Gasteiger charge is 2.18. The Labute approximate surface area is 98.3 Å². The van der Waals surface area contributed by atoms with Crippen molar-refractivity contribution in [2.45, 2.75) is 25.7 Å². The van der Waals surface area contributed by atoms with Crippen molar-refractivity contribution in [1.29, 1.82) is 0 Å². The summed E-state index contributed by atoms with van der Waals surface area (Å²) in [6.45, 7) is 2.89. The van der Waals surface area contributed by atoms with E-state index in [9.17, 15) is 4.79 Å². The topological polar surface area (TPSA) is 20.3 Å². The number of hydrogen-bond donors (Lipinski definition) is 0. The third-order valence-corrected chi connectivity index (χ3v) is 2.80. The minimum absolute atomic E-state index is 0.0635. The summed E-state index contributed by atoms with van der Waals surface area (Å²) in [6.07, 6.45) is 1.52. The van der Waals surface area contributed by atoms with E-state index in [4.69, 9.17) is 0 Å². The van der Waals surface area contributed by atoms with Gasteiger partial charge in [-0.05, 0) is 32.6 Å². The van der Waals surface area contributed by atoms with Crippen LogP contribution in [0.2, 0.25) is 0 Å². The van der Waals surface area contributed by atoms with E-state index in [2.05, 4.69) is 4.90 Å². The van der Waals surface area contributed by atoms with Crippen LogP contribution in [0.5, 0.6) is 0 Å². The number of rotatable bonds is 6. The summed E-state index contributed by atoms with van der Waals surface area (Å²) in [6, 6.07) is 10.1. The Bertz CT molecular complexity index is 319. The average molecular weight is 219 g/mol. The molecule has 1 aromatic rings. The number of nitrogens with zero attached hydrogens (tertiary/aromatic N) is 1. The normalized spacial score (nSPS) is 12.8. The quantitative estimate of drug-likeness (QED) is 0.733. The van der Waals surface area contributed by atoms with Gasteiger partial charge in [-0.3, -0.25) is 4.79 Å². The molecule has 0 saturated heterocycles. The fraction of sp³-hybridized carbons (Fsp3) is 0.500. The number of ketones is 1. The lowest BCUT2D eigenvalue weighted by molar-refractivity contribution is -0.120. The predicted molar refractivity (Wildman–Crippen MR) is 67.7 cm³/mol. The highest BCUT2D eigenvalue weighted by atomic mass is 16.1. The van der Waals surface area contributed by atoms with E-state index in [1.807, 2.05) is 51.4 Å². The summed E-state index contributed by atoms with van der Waals surface area (Å²) in [5.41, 5.74) is 1.15. The molecule has 16 heavy (non-hydrogen) atoms. The van der Waals surface area contributed by atoms with Gasteiger partial charge in [0, 0.05) is 12.3 Å². The molecule has 0 N–H and O–H groups in total. The molecule has 2 nitrogen and oxygen atoms in total. The van der Waals surface area contributed by atoms with E-state index >= 15 is 0 Å². The van der Waals surface area contributed by atoms with Gasteiger partial charge in [-0.2, -0.15) is 0 Å². The van der Waals surface area contributed by atoms with Gasteiger partial charge >= 0.3 is 0 Å². The molecule has 0 aromatic heterocycles. The Morgan fingerprint density at radius 2 is 1.88 bits per heavy atom. The van der Waals surface area contributed by atoms with Gasteiger partial charge in [-0.25, -0.2) is 0 Å². The van der Waals surface area contributed by atoms with Crippen LogP contribution in [0.25, 0.3) is 0 Å². The van der Waals surface area contributed by atoms with E-state index < -0.39 is 0 Å². The van der Waals surface area contributed by atoms with Crippen molar-refractivity contribution in [2.75, 3.05) is 20.6 Å². The fourth-order valence-electron chi connectivity index (χ4n) is 1.83. The summed E-state index contributed by atoms with van der Waals surface area (Å²) < 4.78 is 0. The third kappa shape index (κ3) is 3.78. The zero-order valence-electron chi connectivity index (χ0n) is 10.4. The van der Waals surface area contributed by atoms with E-state index in [1.54, 1.807) is 0 Å². The van der Waals surface area contributed by atoms with E-state index in [-0.39, 0.29) is 5.92 Å². The molecule has 0 unspecified atom stereocenters. The first-order valence-corrected chi connectivity index (χ1v) is 5.87. The molecule has 2 heteroatoms. The lowest BCUT2D eigenvalue weighted by atomic mass is 9.90. The summed E-state index contributed by atoms with van der Waals surface area (Å²) in [5.74, 6) is 0.404. The summed E-state index contributed by atoms with van der Waals surface area (Å²) in [5, 5.41) is 0. The first-order valence-electron chi connectivity index (χ1n) is 5.87. The molecule has 0 saturated carbocycles. The van der Waals surface area contributed by atoms with Crippen molar-refractivity contribution in [1.82, 2.24) is 4.90 Å². The molecule has 1 rings (SSSR count). The highest BCUT2D eigenvalue weighted by molar-refractivity contribution is 5.85. The molecule has 0 heterocycles. The smallest absolute Gasteiger partial charge is 0.140 e. The van der Waals surface area contributed by atoms with Gasteiger partial charge < -0.3 is 4.90 Å². The van der Waals surface area contributed by atoms with Gasteiger partial charge in [-0.15, -0.1) is 0 Å². The van der Waals surface area contributed by atoms with Crippen LogP contribution in [0, 0.1) is 0 Å². The van der Waals surface area contributed by atoms with Crippen molar-refractivity contribution in [3.05, 3.63) is 35.9 Å². The van der Waals surface area contributed by atoms with Crippen LogP contribution < -0.4 is 0 Å². The maximum Gasteiger partial charge on any atom is 0.140 e. The number of benzene rings is 1. The minimum atomic E-state index is 0.0635. The molecule has 0 fully saturated rings. The van der Waals surface area contributed by atoms with Crippen LogP contribution in [-0.2, 0) is 4.79 Å². The second-order valence-electron chi connectivity index (χ2n) is 4.38. The van der Waals surface area contributed by atoms with E-state index in [1.165, 1.54) is 0 Å². The molecular formula is C14H21NO. The first-order chi connectivity index (χ1) is 7.65. The van der Waals surface area contributed by atoms with Gasteiger partial charge in [0.1, 0.15) is 5.78 Å². The maximum absolute atomic E-state index is 11.9. The van der Waals surface area contributed by atoms with Gasteiger partial charge in [-0.1, -0.05) is 37.3 Å². The molecule has 0 bridgehead atoms. The van der Waals surface area contributed by atoms with Gasteiger partial charge in [0.05, 0.1) is 0 Å². The van der Waals surface area contributed by atoms with Crippen molar-refractivity contribution in [3.8, 4) is 0 Å². The van der Waals surface area contributed by atoms with Crippen molar-refractivity contribution < 1.29 is 4.79 Å². The zero-order chi connectivity index (χ0) is 12.0. The monoisotopic (exact) mass is 219 g/mol. The summed E-state index contributed by atoms with van der Waals surface area (Å²) in [4.78, 5) is 14.0. The largest absolute Gasteiger partial charge is 0.309 e. The molecule has 0 spiro atoms. The predicted octanol–water partition coefficient (Wildman–Crippen LogP) is 2.70. The molecule has 0 radical (unpaired) electrons. The molecule has 0 aliphatic heterocycles. The Morgan fingerprint density at radius 1 is 1.25 bits per heavy atom. The Morgan fingerprint density at radius 3 is 2.38 bits per heavy atom. The van der Waals surface area contributed by atoms with Crippen molar-refractivity contribution in [2.24, 2.45) is 0 Å². The molecule has 0 aliphatic carbocycles. The Hall–Kier alpha value is -1.15. The number of carbonyl (C=O) groups excluding carboxylic acids is 1. The van der Waals surface area contributed by atoms with Gasteiger partial charge in [0.15, 0.2) is 0 Å². The lowest BCUT2D eigenvalue weighted by Crippen LogP contribution is -2.20. The van der Waals surface area contributed by atoms with Crippen LogP contribution in [0.3, 0.4) is 0 Å². The van der Waals surface area contributed by atoms with Crippen LogP contribution in [0.15, 0.2) is 30.3 Å². The Balaban J connectivity index is 2.76. The molecule has 0 aliphatic rings. The van der Waals surface area contributed by atoms with Crippen LogP contribution in [0.1, 0.15) is 31.2 Å². The molecule has 88 valence electrons. The SMILES string of the molecule is CCC(=O)[C@H](CCN(C)C)c1ccccc1. The van der Waals surface area contributed by atoms with Gasteiger partial charge in [0.25, 0.3) is 0 Å². The number of carbonyl (C=O) groups is 1. The second kappa shape index (κ2) is 6.44. The number of Topliss-reactive ketones (excluding diaryl/α,β-unsaturated/α-hetero) is 1. The first kappa shape index (κ1) is 12.9. The van der Waals surface area contributed by atoms with Crippen molar-refractivity contribution >= 4 is 5.78 Å². The standard InChI is InChI=1S/C14H21NO/c1-4-14(16)13(10-11-15(2)3)12-8-6-5-7-9-12/h5-9,13H,4,10-11H2,1-3H3/t13-/m1/s1. The molecule has 0 amide bonds. The van der Waals surface area contributed by atoms with Crippen molar-refractivity contribution in [3.63, 3.8) is 0 Å².